The van der Waals surface area contributed by atoms with Crippen LogP contribution in [-0.4, -0.2) is 53.7 Å². The summed E-state index contributed by atoms with van der Waals surface area (Å²) in [5, 5.41) is 17.7. The first-order valence-corrected chi connectivity index (χ1v) is 15.8. The average Bonchev–Trinajstić information content (AvgIpc) is 3.64. The van der Waals surface area contributed by atoms with Crippen LogP contribution in [0.25, 0.3) is 23.0 Å². The first-order chi connectivity index (χ1) is 19.0. The molecule has 0 spiro atoms. The molecular weight excluding hydrogens is 635 g/mol. The molecule has 5 rings (SSSR count). The molecule has 3 N–H and O–H groups in total. The number of hydrogen-bond acceptors (Lipinski definition) is 7. The summed E-state index contributed by atoms with van der Waals surface area (Å²) in [5.74, 6) is 0.336. The SMILES string of the molecule is C[I-]c1ccc2c(c1)NC(=O)OCCCC[C@H](NC(=O)/C=C/c1cc(Cl)ccc1-n1cnnn1)c1ncc-2[nH]1. The Morgan fingerprint density at radius 3 is 2.97 bits per heavy atom. The van der Waals surface area contributed by atoms with Crippen molar-refractivity contribution >= 4 is 35.4 Å². The Hall–Kier alpha value is -3.78. The monoisotopic (exact) mass is 659 g/mol. The van der Waals surface area contributed by atoms with Crippen molar-refractivity contribution < 1.29 is 35.5 Å². The van der Waals surface area contributed by atoms with Gasteiger partial charge in [-0.05, 0) is 28.6 Å². The summed E-state index contributed by atoms with van der Waals surface area (Å²) in [6.07, 6.45) is 7.78. The molecule has 3 heterocycles. The van der Waals surface area contributed by atoms with Crippen molar-refractivity contribution in [1.29, 1.82) is 0 Å². The van der Waals surface area contributed by atoms with E-state index < -0.39 is 6.09 Å². The van der Waals surface area contributed by atoms with Gasteiger partial charge in [-0.2, -0.15) is 4.68 Å². The van der Waals surface area contributed by atoms with Crippen molar-refractivity contribution in [3.63, 3.8) is 0 Å². The topological polar surface area (TPSA) is 140 Å². The van der Waals surface area contributed by atoms with E-state index >= 15 is 0 Å². The van der Waals surface area contributed by atoms with Crippen LogP contribution < -0.4 is 31.8 Å². The van der Waals surface area contributed by atoms with Gasteiger partial charge in [-0.25, -0.2) is 0 Å². The number of alkyl halides is 1. The van der Waals surface area contributed by atoms with E-state index in [4.69, 9.17) is 16.3 Å². The number of carbonyl (C=O) groups is 2. The fraction of sp³-hybridized carbons (Fsp3) is 0.231. The number of anilines is 1. The van der Waals surface area contributed by atoms with Crippen LogP contribution in [0.4, 0.5) is 10.5 Å². The van der Waals surface area contributed by atoms with Gasteiger partial charge in [0.25, 0.3) is 0 Å². The zero-order valence-corrected chi connectivity index (χ0v) is 23.8. The first kappa shape index (κ1) is 26.8. The van der Waals surface area contributed by atoms with Crippen molar-refractivity contribution in [2.45, 2.75) is 25.3 Å². The van der Waals surface area contributed by atoms with Gasteiger partial charge in [-0.3, -0.25) is 0 Å². The number of cyclic esters (lactones) is 1. The van der Waals surface area contributed by atoms with Crippen molar-refractivity contribution in [2.24, 2.45) is 0 Å². The maximum atomic E-state index is 13.0. The molecule has 1 aliphatic heterocycles. The molecule has 2 aromatic heterocycles. The predicted molar refractivity (Wildman–Crippen MR) is 142 cm³/mol. The summed E-state index contributed by atoms with van der Waals surface area (Å²) in [4.78, 5) is 35.5. The number of aromatic nitrogens is 6. The fourth-order valence-corrected chi connectivity index (χ4v) is 5.53. The molecule has 202 valence electrons. The van der Waals surface area contributed by atoms with Gasteiger partial charge in [0, 0.05) is 10.6 Å². The number of ether oxygens (including phenoxy) is 1. The Labute approximate surface area is 239 Å². The fourth-order valence-electron chi connectivity index (χ4n) is 4.19. The van der Waals surface area contributed by atoms with E-state index in [2.05, 4.69) is 47.1 Å². The summed E-state index contributed by atoms with van der Waals surface area (Å²) in [6.45, 7) is 0.277. The van der Waals surface area contributed by atoms with Crippen LogP contribution >= 0.6 is 11.6 Å². The molecule has 0 unspecified atom stereocenters. The van der Waals surface area contributed by atoms with Crippen LogP contribution in [0.15, 0.2) is 55.0 Å². The Kier molecular flexibility index (Phi) is 8.51. The second-order valence-electron chi connectivity index (χ2n) is 8.67. The molecule has 11 nitrogen and oxygen atoms in total. The number of tetrazole rings is 1. The molecular formula is C26H25ClIN8O3-. The molecule has 2 bridgehead atoms. The van der Waals surface area contributed by atoms with Gasteiger partial charge in [0.1, 0.15) is 6.33 Å². The number of H-pyrrole nitrogens is 1. The zero-order valence-electron chi connectivity index (χ0n) is 20.9. The number of nitrogens with zero attached hydrogens (tertiary/aromatic N) is 5. The van der Waals surface area contributed by atoms with Crippen LogP contribution in [0.2, 0.25) is 5.02 Å². The van der Waals surface area contributed by atoms with E-state index in [0.717, 1.165) is 11.3 Å². The number of amides is 2. The molecule has 39 heavy (non-hydrogen) atoms. The van der Waals surface area contributed by atoms with Crippen LogP contribution in [-0.2, 0) is 9.53 Å². The number of nitrogens with one attached hydrogen (secondary N) is 3. The third-order valence-corrected chi connectivity index (χ3v) is 8.24. The normalized spacial score (nSPS) is 15.9. The molecule has 2 aromatic carbocycles. The van der Waals surface area contributed by atoms with Crippen LogP contribution in [0, 0.1) is 3.57 Å². The molecule has 0 saturated carbocycles. The second-order valence-corrected chi connectivity index (χ2v) is 11.4. The van der Waals surface area contributed by atoms with Crippen molar-refractivity contribution in [1.82, 2.24) is 35.5 Å². The number of carbonyl (C=O) groups excluding carboxylic acids is 2. The summed E-state index contributed by atoms with van der Waals surface area (Å²) in [6, 6.07) is 10.9. The van der Waals surface area contributed by atoms with Gasteiger partial charge in [0.05, 0.1) is 5.69 Å². The van der Waals surface area contributed by atoms with Gasteiger partial charge in [-0.1, -0.05) is 11.6 Å². The number of halogens is 2. The Balaban J connectivity index is 1.39. The maximum absolute atomic E-state index is 13.0. The second kappa shape index (κ2) is 12.4. The summed E-state index contributed by atoms with van der Waals surface area (Å²) in [5.41, 5.74) is 3.56. The molecule has 4 aromatic rings. The van der Waals surface area contributed by atoms with E-state index in [1.54, 1.807) is 30.5 Å². The zero-order chi connectivity index (χ0) is 27.2. The number of benzene rings is 2. The molecule has 0 saturated heterocycles. The van der Waals surface area contributed by atoms with Crippen molar-refractivity contribution in [3.05, 3.63) is 75.0 Å². The molecule has 13 heteroatoms. The summed E-state index contributed by atoms with van der Waals surface area (Å²) < 4.78 is 8.07. The van der Waals surface area contributed by atoms with Crippen molar-refractivity contribution in [3.8, 4) is 16.9 Å². The van der Waals surface area contributed by atoms with Crippen LogP contribution in [0.3, 0.4) is 0 Å². The Morgan fingerprint density at radius 1 is 1.26 bits per heavy atom. The Bertz CT molecular complexity index is 1500. The van der Waals surface area contributed by atoms with Crippen molar-refractivity contribution in [2.75, 3.05) is 16.9 Å². The quantitative estimate of drug-likeness (QED) is 0.166. The minimum absolute atomic E-state index is 0.160. The summed E-state index contributed by atoms with van der Waals surface area (Å²) >= 11 is 6.03. The number of aromatic amines is 1. The van der Waals surface area contributed by atoms with Gasteiger partial charge in [0.15, 0.2) is 0 Å². The molecule has 0 radical (unpaired) electrons. The van der Waals surface area contributed by atoms with E-state index in [0.29, 0.717) is 47.0 Å². The Morgan fingerprint density at radius 2 is 2.15 bits per heavy atom. The van der Waals surface area contributed by atoms with E-state index in [-0.39, 0.29) is 39.8 Å². The van der Waals surface area contributed by atoms with Gasteiger partial charge >= 0.3 is 168 Å². The van der Waals surface area contributed by atoms with E-state index in [1.807, 2.05) is 12.1 Å². The number of rotatable bonds is 5. The minimum atomic E-state index is -0.487. The third kappa shape index (κ3) is 6.63. The average molecular weight is 660 g/mol. The standard InChI is InChI=1S/C26H25ClIN8O3/c1-28-18-7-8-19-21(13-18)33-26(38)39-11-3-2-4-20(25-29-14-22(19)32-25)31-24(37)10-5-16-12-17(27)6-9-23(16)36-15-30-34-35-36/h5-10,12-15,20H,2-4,11H2,1H3,(H,29,32)(H,31,37)(H,33,38)/q-1/b10-5+/t20-/m0/s1. The molecule has 2 amide bonds. The molecule has 1 atom stereocenters. The van der Waals surface area contributed by atoms with Crippen LogP contribution in [0.1, 0.15) is 36.7 Å². The van der Waals surface area contributed by atoms with Gasteiger partial charge in [-0.15, -0.1) is 5.10 Å². The molecule has 0 aliphatic carbocycles. The third-order valence-electron chi connectivity index (χ3n) is 6.09. The number of fused-ring (bicyclic) bond motifs is 4. The molecule has 1 aliphatic rings. The summed E-state index contributed by atoms with van der Waals surface area (Å²) in [7, 11) is 0. The van der Waals surface area contributed by atoms with Crippen LogP contribution in [0.5, 0.6) is 0 Å². The van der Waals surface area contributed by atoms with Gasteiger partial charge in [0.2, 0.25) is 0 Å². The predicted octanol–water partition coefficient (Wildman–Crippen LogP) is 1.20. The van der Waals surface area contributed by atoms with E-state index in [9.17, 15) is 9.59 Å². The number of hydrogen-bond donors (Lipinski definition) is 3. The molecule has 0 fully saturated rings. The first-order valence-electron chi connectivity index (χ1n) is 12.1. The van der Waals surface area contributed by atoms with Gasteiger partial charge < -0.3 is 0 Å². The number of imidazole rings is 1. The van der Waals surface area contributed by atoms with E-state index in [1.165, 1.54) is 20.7 Å².